The minimum Gasteiger partial charge on any atom is -0.343 e. The molecule has 2 aromatic heterocycles. The van der Waals surface area contributed by atoms with Gasteiger partial charge in [0.15, 0.2) is 0 Å². The first-order valence-electron chi connectivity index (χ1n) is 14.3. The Bertz CT molecular complexity index is 1440. The highest BCUT2D eigenvalue weighted by molar-refractivity contribution is 7.09. The normalized spacial score (nSPS) is 14.0. The largest absolute Gasteiger partial charge is 0.343 e. The molecule has 7 nitrogen and oxygen atoms in total. The summed E-state index contributed by atoms with van der Waals surface area (Å²) in [6.07, 6.45) is 7.23. The van der Waals surface area contributed by atoms with Crippen LogP contribution in [-0.4, -0.2) is 75.3 Å². The van der Waals surface area contributed by atoms with E-state index in [2.05, 4.69) is 46.7 Å². The molecule has 3 heterocycles. The van der Waals surface area contributed by atoms with Crippen molar-refractivity contribution in [1.82, 2.24) is 24.3 Å². The topological polar surface area (TPSA) is 61.7 Å². The van der Waals surface area contributed by atoms with Crippen LogP contribution < -0.4 is 0 Å². The van der Waals surface area contributed by atoms with Gasteiger partial charge < -0.3 is 14.4 Å². The maximum atomic E-state index is 13.2. The van der Waals surface area contributed by atoms with Crippen molar-refractivity contribution in [2.75, 3.05) is 39.3 Å². The number of amides is 2. The summed E-state index contributed by atoms with van der Waals surface area (Å²) in [4.78, 5) is 37.2. The van der Waals surface area contributed by atoms with Crippen LogP contribution in [0.3, 0.4) is 0 Å². The molecule has 41 heavy (non-hydrogen) atoms. The number of rotatable bonds is 11. The van der Waals surface area contributed by atoms with Crippen LogP contribution in [0.2, 0.25) is 0 Å². The van der Waals surface area contributed by atoms with E-state index >= 15 is 0 Å². The number of piperazine rings is 1. The van der Waals surface area contributed by atoms with Crippen LogP contribution in [0.5, 0.6) is 0 Å². The third-order valence-electron chi connectivity index (χ3n) is 7.29. The minimum atomic E-state index is 0.00212. The number of hydrogen-bond acceptors (Lipinski definition) is 5. The fourth-order valence-electron chi connectivity index (χ4n) is 5.05. The summed E-state index contributed by atoms with van der Waals surface area (Å²) in [6, 6.07) is 23.8. The van der Waals surface area contributed by atoms with E-state index in [1.807, 2.05) is 76.0 Å². The number of hydrogen-bond donors (Lipinski definition) is 0. The second-order valence-corrected chi connectivity index (χ2v) is 11.2. The first-order valence-corrected chi connectivity index (χ1v) is 15.1. The molecule has 5 rings (SSSR count). The van der Waals surface area contributed by atoms with Crippen LogP contribution in [0.25, 0.3) is 6.08 Å². The average molecular weight is 568 g/mol. The second-order valence-electron chi connectivity index (χ2n) is 10.3. The van der Waals surface area contributed by atoms with Gasteiger partial charge in [-0.15, -0.1) is 11.3 Å². The van der Waals surface area contributed by atoms with Crippen LogP contribution in [0.4, 0.5) is 0 Å². The van der Waals surface area contributed by atoms with E-state index in [0.29, 0.717) is 44.0 Å². The van der Waals surface area contributed by atoms with Crippen molar-refractivity contribution in [3.05, 3.63) is 118 Å². The van der Waals surface area contributed by atoms with E-state index in [9.17, 15) is 9.59 Å². The summed E-state index contributed by atoms with van der Waals surface area (Å²) in [5.41, 5.74) is 3.46. The zero-order valence-corrected chi connectivity index (χ0v) is 24.4. The smallest absolute Gasteiger partial charge is 0.273 e. The predicted molar refractivity (Wildman–Crippen MR) is 165 cm³/mol. The van der Waals surface area contributed by atoms with E-state index in [1.165, 1.54) is 16.9 Å². The Labute approximate surface area is 246 Å². The summed E-state index contributed by atoms with van der Waals surface area (Å²) in [6.45, 7) is 7.86. The van der Waals surface area contributed by atoms with Gasteiger partial charge in [-0.3, -0.25) is 14.5 Å². The van der Waals surface area contributed by atoms with Gasteiger partial charge in [-0.25, -0.2) is 4.98 Å². The molecule has 2 amide bonds. The molecule has 0 unspecified atom stereocenters. The zero-order chi connectivity index (χ0) is 28.4. The van der Waals surface area contributed by atoms with Gasteiger partial charge in [0.1, 0.15) is 10.7 Å². The lowest BCUT2D eigenvalue weighted by Crippen LogP contribution is -2.48. The molecule has 2 aromatic carbocycles. The van der Waals surface area contributed by atoms with Gasteiger partial charge in [-0.05, 0) is 36.2 Å². The molecule has 0 radical (unpaired) electrons. The van der Waals surface area contributed by atoms with E-state index in [4.69, 9.17) is 4.98 Å². The van der Waals surface area contributed by atoms with Gasteiger partial charge in [-0.2, -0.15) is 0 Å². The predicted octanol–water partition coefficient (Wildman–Crippen LogP) is 5.52. The van der Waals surface area contributed by atoms with E-state index < -0.39 is 0 Å². The lowest BCUT2D eigenvalue weighted by Gasteiger charge is -2.33. The Hall–Kier alpha value is -4.01. The van der Waals surface area contributed by atoms with Crippen LogP contribution in [-0.2, 0) is 13.1 Å². The highest BCUT2D eigenvalue weighted by Gasteiger charge is 2.24. The SMILES string of the molecule is CCCN(Cc1cccn1Cc1nc(C(=O)N2CCN(C/C=C/c3ccccc3)CC2)cs1)C(=O)c1ccccc1. The van der Waals surface area contributed by atoms with Crippen molar-refractivity contribution in [1.29, 1.82) is 0 Å². The minimum absolute atomic E-state index is 0.00212. The first kappa shape index (κ1) is 28.5. The molecule has 0 atom stereocenters. The molecule has 0 aliphatic carbocycles. The van der Waals surface area contributed by atoms with Gasteiger partial charge in [-0.1, -0.05) is 67.6 Å². The quantitative estimate of drug-likeness (QED) is 0.240. The van der Waals surface area contributed by atoms with Crippen molar-refractivity contribution in [3.63, 3.8) is 0 Å². The second kappa shape index (κ2) is 14.1. The van der Waals surface area contributed by atoms with Crippen molar-refractivity contribution in [2.45, 2.75) is 26.4 Å². The number of aromatic nitrogens is 2. The fraction of sp³-hybridized carbons (Fsp3) is 0.303. The highest BCUT2D eigenvalue weighted by Crippen LogP contribution is 2.18. The van der Waals surface area contributed by atoms with E-state index in [0.717, 1.165) is 36.8 Å². The number of benzene rings is 2. The standard InChI is InChI=1S/C33H37N5O2S/c1-2-17-38(32(39)28-14-7-4-8-15-28)24-29-16-10-19-37(29)25-31-34-30(26-41-31)33(40)36-22-20-35(21-23-36)18-9-13-27-11-5-3-6-12-27/h3-16,19,26H,2,17-18,20-25H2,1H3/b13-9+. The van der Waals surface area contributed by atoms with Gasteiger partial charge >= 0.3 is 0 Å². The summed E-state index contributed by atoms with van der Waals surface area (Å²) < 4.78 is 2.12. The Morgan fingerprint density at radius 2 is 1.68 bits per heavy atom. The number of carbonyl (C=O) groups excluding carboxylic acids is 2. The molecule has 212 valence electrons. The number of nitrogens with zero attached hydrogens (tertiary/aromatic N) is 5. The van der Waals surface area contributed by atoms with Crippen LogP contribution >= 0.6 is 11.3 Å². The van der Waals surface area contributed by atoms with Gasteiger partial charge in [0.25, 0.3) is 11.8 Å². The van der Waals surface area contributed by atoms with Crippen molar-refractivity contribution < 1.29 is 9.59 Å². The lowest BCUT2D eigenvalue weighted by atomic mass is 10.2. The van der Waals surface area contributed by atoms with Crippen molar-refractivity contribution in [2.24, 2.45) is 0 Å². The van der Waals surface area contributed by atoms with E-state index in [1.54, 1.807) is 0 Å². The highest BCUT2D eigenvalue weighted by atomic mass is 32.1. The third-order valence-corrected chi connectivity index (χ3v) is 8.12. The van der Waals surface area contributed by atoms with Crippen LogP contribution in [0.1, 0.15) is 50.5 Å². The molecule has 1 aliphatic heterocycles. The zero-order valence-electron chi connectivity index (χ0n) is 23.6. The van der Waals surface area contributed by atoms with Gasteiger partial charge in [0, 0.05) is 62.1 Å². The summed E-state index contributed by atoms with van der Waals surface area (Å²) in [5.74, 6) is 0.0388. The molecule has 0 spiro atoms. The Kier molecular flexibility index (Phi) is 9.78. The number of carbonyl (C=O) groups is 2. The van der Waals surface area contributed by atoms with Gasteiger partial charge in [0.2, 0.25) is 0 Å². The summed E-state index contributed by atoms with van der Waals surface area (Å²) in [7, 11) is 0. The average Bonchev–Trinajstić information content (AvgIpc) is 3.67. The molecule has 1 saturated heterocycles. The molecule has 8 heteroatoms. The Morgan fingerprint density at radius 3 is 2.41 bits per heavy atom. The summed E-state index contributed by atoms with van der Waals surface area (Å²) in [5, 5.41) is 2.75. The first-order chi connectivity index (χ1) is 20.1. The lowest BCUT2D eigenvalue weighted by molar-refractivity contribution is 0.0644. The molecule has 0 saturated carbocycles. The molecular weight excluding hydrogens is 530 g/mol. The molecule has 0 N–H and O–H groups in total. The summed E-state index contributed by atoms with van der Waals surface area (Å²) >= 11 is 1.51. The Balaban J connectivity index is 1.15. The van der Waals surface area contributed by atoms with Gasteiger partial charge in [0.05, 0.1) is 13.1 Å². The van der Waals surface area contributed by atoms with Crippen LogP contribution in [0, 0.1) is 0 Å². The molecule has 0 bridgehead atoms. The number of thiazole rings is 1. The molecule has 1 fully saturated rings. The molecule has 4 aromatic rings. The molecule has 1 aliphatic rings. The molecular formula is C33H37N5O2S. The maximum Gasteiger partial charge on any atom is 0.273 e. The monoisotopic (exact) mass is 567 g/mol. The van der Waals surface area contributed by atoms with Crippen LogP contribution in [0.15, 0.2) is 90.4 Å². The maximum absolute atomic E-state index is 13.2. The van der Waals surface area contributed by atoms with E-state index in [-0.39, 0.29) is 11.8 Å². The fourth-order valence-corrected chi connectivity index (χ4v) is 5.82. The third kappa shape index (κ3) is 7.60. The van der Waals surface area contributed by atoms with Crippen molar-refractivity contribution in [3.8, 4) is 0 Å². The van der Waals surface area contributed by atoms with Crippen molar-refractivity contribution >= 4 is 29.2 Å². The Morgan fingerprint density at radius 1 is 0.951 bits per heavy atom.